The molecule has 0 spiro atoms. The molecule has 6 heteroatoms. The normalized spacial score (nSPS) is 10.8. The first-order chi connectivity index (χ1) is 13.2. The van der Waals surface area contributed by atoms with Gasteiger partial charge in [0, 0.05) is 21.2 Å². The van der Waals surface area contributed by atoms with Crippen molar-refractivity contribution in [2.24, 2.45) is 5.10 Å². The summed E-state index contributed by atoms with van der Waals surface area (Å²) >= 11 is 12.2. The number of anilines is 1. The lowest BCUT2D eigenvalue weighted by atomic mass is 10.2. The van der Waals surface area contributed by atoms with Crippen molar-refractivity contribution in [3.05, 3.63) is 87.9 Å². The largest absolute Gasteiger partial charge is 0.493 e. The second kappa shape index (κ2) is 9.31. The molecule has 0 bridgehead atoms. The molecule has 0 aromatic heterocycles. The van der Waals surface area contributed by atoms with Gasteiger partial charge in [0.15, 0.2) is 11.5 Å². The highest BCUT2D eigenvalue weighted by Crippen LogP contribution is 2.32. The van der Waals surface area contributed by atoms with E-state index < -0.39 is 0 Å². The molecule has 0 saturated heterocycles. The number of nitrogens with one attached hydrogen (secondary N) is 1. The van der Waals surface area contributed by atoms with Gasteiger partial charge in [-0.25, -0.2) is 0 Å². The molecule has 138 valence electrons. The van der Waals surface area contributed by atoms with E-state index in [4.69, 9.17) is 32.7 Å². The summed E-state index contributed by atoms with van der Waals surface area (Å²) in [5.41, 5.74) is 5.49. The molecule has 0 heterocycles. The Morgan fingerprint density at radius 2 is 1.81 bits per heavy atom. The third-order valence-corrected chi connectivity index (χ3v) is 4.37. The first-order valence-corrected chi connectivity index (χ1v) is 9.01. The molecule has 0 amide bonds. The highest BCUT2D eigenvalue weighted by Gasteiger charge is 2.11. The molecule has 0 radical (unpaired) electrons. The maximum absolute atomic E-state index is 6.23. The van der Waals surface area contributed by atoms with Gasteiger partial charge in [0.05, 0.1) is 19.0 Å². The van der Waals surface area contributed by atoms with Crippen molar-refractivity contribution in [1.29, 1.82) is 0 Å². The lowest BCUT2D eigenvalue weighted by molar-refractivity contribution is 0.284. The molecule has 0 atom stereocenters. The second-order valence-electron chi connectivity index (χ2n) is 5.64. The van der Waals surface area contributed by atoms with Gasteiger partial charge in [0.25, 0.3) is 0 Å². The van der Waals surface area contributed by atoms with Crippen LogP contribution in [-0.4, -0.2) is 13.3 Å². The Balaban J connectivity index is 1.78. The van der Waals surface area contributed by atoms with Crippen molar-refractivity contribution in [2.45, 2.75) is 6.61 Å². The van der Waals surface area contributed by atoms with Gasteiger partial charge in [-0.15, -0.1) is 0 Å². The standard InChI is InChI=1S/C21H18Cl2N2O2/c1-26-20-9-5-6-15(13-24-25-18-7-3-2-4-8-18)21(20)27-14-16-10-11-17(22)12-19(16)23/h2-13,25H,14H2,1H3/b24-13+. The van der Waals surface area contributed by atoms with Crippen LogP contribution in [0.1, 0.15) is 11.1 Å². The minimum Gasteiger partial charge on any atom is -0.493 e. The number of halogens is 2. The zero-order chi connectivity index (χ0) is 19.1. The highest BCUT2D eigenvalue weighted by molar-refractivity contribution is 6.35. The molecule has 0 aliphatic rings. The van der Waals surface area contributed by atoms with E-state index in [1.165, 1.54) is 0 Å². The summed E-state index contributed by atoms with van der Waals surface area (Å²) in [4.78, 5) is 0. The smallest absolute Gasteiger partial charge is 0.170 e. The summed E-state index contributed by atoms with van der Waals surface area (Å²) in [6.07, 6.45) is 1.69. The molecule has 1 N–H and O–H groups in total. The molecule has 0 aliphatic carbocycles. The summed E-state index contributed by atoms with van der Waals surface area (Å²) in [5, 5.41) is 5.42. The number of benzene rings is 3. The van der Waals surface area contributed by atoms with Crippen molar-refractivity contribution in [3.8, 4) is 11.5 Å². The molecule has 0 aliphatic heterocycles. The van der Waals surface area contributed by atoms with Crippen LogP contribution in [0.15, 0.2) is 71.8 Å². The Labute approximate surface area is 168 Å². The van der Waals surface area contributed by atoms with Gasteiger partial charge in [-0.05, 0) is 36.4 Å². The number of rotatable bonds is 7. The van der Waals surface area contributed by atoms with E-state index in [2.05, 4.69) is 10.5 Å². The van der Waals surface area contributed by atoms with Crippen LogP contribution in [0.2, 0.25) is 10.0 Å². The van der Waals surface area contributed by atoms with Gasteiger partial charge in [-0.2, -0.15) is 5.10 Å². The van der Waals surface area contributed by atoms with Gasteiger partial charge in [-0.3, -0.25) is 5.43 Å². The summed E-state index contributed by atoms with van der Waals surface area (Å²) in [6, 6.07) is 20.6. The van der Waals surface area contributed by atoms with E-state index in [1.54, 1.807) is 25.5 Å². The zero-order valence-electron chi connectivity index (χ0n) is 14.7. The molecule has 0 saturated carbocycles. The van der Waals surface area contributed by atoms with Crippen LogP contribution in [0, 0.1) is 0 Å². The van der Waals surface area contributed by atoms with E-state index in [0.29, 0.717) is 21.5 Å². The van der Waals surface area contributed by atoms with Gasteiger partial charge in [0.2, 0.25) is 0 Å². The summed E-state index contributed by atoms with van der Waals surface area (Å²) in [5.74, 6) is 1.20. The molecule has 4 nitrogen and oxygen atoms in total. The quantitative estimate of drug-likeness (QED) is 0.389. The van der Waals surface area contributed by atoms with E-state index in [9.17, 15) is 0 Å². The Morgan fingerprint density at radius 3 is 2.56 bits per heavy atom. The van der Waals surface area contributed by atoms with Gasteiger partial charge < -0.3 is 9.47 Å². The Kier molecular flexibility index (Phi) is 6.58. The highest BCUT2D eigenvalue weighted by atomic mass is 35.5. The third-order valence-electron chi connectivity index (χ3n) is 3.79. The maximum Gasteiger partial charge on any atom is 0.170 e. The Bertz CT molecular complexity index is 931. The number of hydrogen-bond acceptors (Lipinski definition) is 4. The third kappa shape index (κ3) is 5.16. The monoisotopic (exact) mass is 400 g/mol. The lowest BCUT2D eigenvalue weighted by Gasteiger charge is -2.14. The molecule has 3 rings (SSSR count). The van der Waals surface area contributed by atoms with E-state index >= 15 is 0 Å². The number of ether oxygens (including phenoxy) is 2. The van der Waals surface area contributed by atoms with Crippen LogP contribution in [0.5, 0.6) is 11.5 Å². The van der Waals surface area contributed by atoms with Gasteiger partial charge >= 0.3 is 0 Å². The van der Waals surface area contributed by atoms with Gasteiger partial charge in [-0.1, -0.05) is 53.5 Å². The molecule has 3 aromatic carbocycles. The average Bonchev–Trinajstić information content (AvgIpc) is 2.68. The van der Waals surface area contributed by atoms with Crippen LogP contribution in [0.25, 0.3) is 0 Å². The zero-order valence-corrected chi connectivity index (χ0v) is 16.2. The minimum atomic E-state index is 0.281. The van der Waals surface area contributed by atoms with Crippen molar-refractivity contribution in [1.82, 2.24) is 0 Å². The van der Waals surface area contributed by atoms with Crippen molar-refractivity contribution < 1.29 is 9.47 Å². The Hall–Kier alpha value is -2.69. The topological polar surface area (TPSA) is 42.8 Å². The lowest BCUT2D eigenvalue weighted by Crippen LogP contribution is -2.02. The van der Waals surface area contributed by atoms with Gasteiger partial charge in [0.1, 0.15) is 6.61 Å². The summed E-state index contributed by atoms with van der Waals surface area (Å²) in [7, 11) is 1.60. The Morgan fingerprint density at radius 1 is 1.00 bits per heavy atom. The summed E-state index contributed by atoms with van der Waals surface area (Å²) < 4.78 is 11.4. The van der Waals surface area contributed by atoms with Crippen LogP contribution in [0.3, 0.4) is 0 Å². The molecule has 27 heavy (non-hydrogen) atoms. The number of methoxy groups -OCH3 is 1. The molecule has 3 aromatic rings. The summed E-state index contributed by atoms with van der Waals surface area (Å²) in [6.45, 7) is 0.281. The van der Waals surface area contributed by atoms with Crippen LogP contribution in [0.4, 0.5) is 5.69 Å². The number of hydrazone groups is 1. The first-order valence-electron chi connectivity index (χ1n) is 8.25. The molecule has 0 fully saturated rings. The van der Waals surface area contributed by atoms with Crippen LogP contribution >= 0.6 is 23.2 Å². The first kappa shape index (κ1) is 19.1. The van der Waals surface area contributed by atoms with Crippen LogP contribution in [-0.2, 0) is 6.61 Å². The molecular weight excluding hydrogens is 383 g/mol. The fourth-order valence-electron chi connectivity index (χ4n) is 2.43. The minimum absolute atomic E-state index is 0.281. The van der Waals surface area contributed by atoms with E-state index in [-0.39, 0.29) is 6.61 Å². The predicted octanol–water partition coefficient (Wildman–Crippen LogP) is 6.03. The van der Waals surface area contributed by atoms with Crippen LogP contribution < -0.4 is 14.9 Å². The fourth-order valence-corrected chi connectivity index (χ4v) is 2.89. The average molecular weight is 401 g/mol. The van der Waals surface area contributed by atoms with E-state index in [1.807, 2.05) is 54.6 Å². The SMILES string of the molecule is COc1cccc(/C=N/Nc2ccccc2)c1OCc1ccc(Cl)cc1Cl. The predicted molar refractivity (Wildman–Crippen MR) is 111 cm³/mol. The maximum atomic E-state index is 6.23. The number of para-hydroxylation sites is 2. The van der Waals surface area contributed by atoms with E-state index in [0.717, 1.165) is 16.8 Å². The van der Waals surface area contributed by atoms with Crippen molar-refractivity contribution in [2.75, 3.05) is 12.5 Å². The molecule has 0 unspecified atom stereocenters. The molecular formula is C21H18Cl2N2O2. The fraction of sp³-hybridized carbons (Fsp3) is 0.0952. The van der Waals surface area contributed by atoms with Crippen molar-refractivity contribution >= 4 is 35.1 Å². The number of hydrogen-bond donors (Lipinski definition) is 1. The second-order valence-corrected chi connectivity index (χ2v) is 6.48. The van der Waals surface area contributed by atoms with Crippen molar-refractivity contribution in [3.63, 3.8) is 0 Å². The number of nitrogens with zero attached hydrogens (tertiary/aromatic N) is 1.